The lowest BCUT2D eigenvalue weighted by Gasteiger charge is -2.32. The molecule has 26 heavy (non-hydrogen) atoms. The predicted molar refractivity (Wildman–Crippen MR) is 106 cm³/mol. The maximum Gasteiger partial charge on any atom is 0.253 e. The van der Waals surface area contributed by atoms with Crippen molar-refractivity contribution in [2.75, 3.05) is 13.1 Å². The molecule has 3 rings (SSSR count). The van der Waals surface area contributed by atoms with Gasteiger partial charge in [-0.3, -0.25) is 9.59 Å². The van der Waals surface area contributed by atoms with Gasteiger partial charge in [0.05, 0.1) is 0 Å². The van der Waals surface area contributed by atoms with Crippen LogP contribution in [0.3, 0.4) is 0 Å². The van der Waals surface area contributed by atoms with Crippen LogP contribution >= 0.6 is 15.9 Å². The molecule has 1 saturated heterocycles. The molecule has 0 atom stereocenters. The smallest absolute Gasteiger partial charge is 0.253 e. The van der Waals surface area contributed by atoms with Crippen LogP contribution < -0.4 is 5.32 Å². The first kappa shape index (κ1) is 18.6. The zero-order valence-corrected chi connectivity index (χ0v) is 16.7. The van der Waals surface area contributed by atoms with Crippen molar-refractivity contribution >= 4 is 27.7 Å². The van der Waals surface area contributed by atoms with E-state index in [1.165, 1.54) is 5.56 Å². The molecule has 4 nitrogen and oxygen atoms in total. The molecular formula is C21H23BrN2O2. The molecule has 1 heterocycles. The number of piperidine rings is 1. The summed E-state index contributed by atoms with van der Waals surface area (Å²) in [6.07, 6.45) is 1.55. The van der Waals surface area contributed by atoms with E-state index in [0.29, 0.717) is 24.2 Å². The van der Waals surface area contributed by atoms with Gasteiger partial charge in [-0.15, -0.1) is 0 Å². The number of hydrogen-bond acceptors (Lipinski definition) is 2. The molecule has 0 saturated carbocycles. The Morgan fingerprint density at radius 3 is 2.19 bits per heavy atom. The summed E-state index contributed by atoms with van der Waals surface area (Å²) in [7, 11) is 0. The molecule has 1 fully saturated rings. The second kappa shape index (κ2) is 8.04. The number of rotatable bonds is 3. The van der Waals surface area contributed by atoms with Crippen molar-refractivity contribution in [2.24, 2.45) is 0 Å². The highest BCUT2D eigenvalue weighted by atomic mass is 79.9. The highest BCUT2D eigenvalue weighted by Gasteiger charge is 2.24. The van der Waals surface area contributed by atoms with Crippen LogP contribution in [-0.2, 0) is 0 Å². The van der Waals surface area contributed by atoms with E-state index in [1.54, 1.807) is 0 Å². The molecule has 2 aromatic carbocycles. The number of carbonyl (C=O) groups excluding carboxylic acids is 2. The van der Waals surface area contributed by atoms with Crippen LogP contribution in [0.4, 0.5) is 0 Å². The summed E-state index contributed by atoms with van der Waals surface area (Å²) in [5, 5.41) is 3.11. The molecule has 0 bridgehead atoms. The molecule has 1 N–H and O–H groups in total. The molecule has 5 heteroatoms. The fraction of sp³-hybridized carbons (Fsp3) is 0.333. The van der Waals surface area contributed by atoms with E-state index in [-0.39, 0.29) is 17.9 Å². The van der Waals surface area contributed by atoms with Crippen LogP contribution in [0.2, 0.25) is 0 Å². The van der Waals surface area contributed by atoms with Crippen LogP contribution in [0.15, 0.2) is 46.9 Å². The molecule has 136 valence electrons. The Labute approximate surface area is 162 Å². The number of likely N-dealkylation sites (tertiary alicyclic amines) is 1. The van der Waals surface area contributed by atoms with Gasteiger partial charge in [0.25, 0.3) is 11.8 Å². The average Bonchev–Trinajstić information content (AvgIpc) is 2.64. The molecule has 0 spiro atoms. The minimum atomic E-state index is -0.0363. The first-order chi connectivity index (χ1) is 12.4. The maximum atomic E-state index is 12.6. The first-order valence-electron chi connectivity index (χ1n) is 8.87. The Bertz CT molecular complexity index is 809. The number of aryl methyl sites for hydroxylation is 2. The third kappa shape index (κ3) is 4.33. The second-order valence-corrected chi connectivity index (χ2v) is 7.76. The van der Waals surface area contributed by atoms with Crippen molar-refractivity contribution in [1.29, 1.82) is 0 Å². The number of hydrogen-bond donors (Lipinski definition) is 1. The lowest BCUT2D eigenvalue weighted by atomic mass is 10.0. The molecule has 2 amide bonds. The minimum Gasteiger partial charge on any atom is -0.349 e. The molecule has 1 aliphatic heterocycles. The summed E-state index contributed by atoms with van der Waals surface area (Å²) < 4.78 is 0.960. The average molecular weight is 415 g/mol. The topological polar surface area (TPSA) is 49.4 Å². The van der Waals surface area contributed by atoms with Gasteiger partial charge >= 0.3 is 0 Å². The lowest BCUT2D eigenvalue weighted by molar-refractivity contribution is 0.0698. The summed E-state index contributed by atoms with van der Waals surface area (Å²) in [6.45, 7) is 5.37. The fourth-order valence-corrected chi connectivity index (χ4v) is 3.42. The standard InChI is InChI=1S/C21H23BrN2O2/c1-14-3-4-17(13-15(14)2)20(25)23-19-9-11-24(12-10-19)21(26)16-5-7-18(22)8-6-16/h3-8,13,19H,9-12H2,1-2H3,(H,23,25). The Hall–Kier alpha value is -2.14. The van der Waals surface area contributed by atoms with Gasteiger partial charge in [0, 0.05) is 34.7 Å². The van der Waals surface area contributed by atoms with Gasteiger partial charge < -0.3 is 10.2 Å². The van der Waals surface area contributed by atoms with E-state index in [0.717, 1.165) is 22.9 Å². The maximum absolute atomic E-state index is 12.6. The van der Waals surface area contributed by atoms with E-state index < -0.39 is 0 Å². The highest BCUT2D eigenvalue weighted by molar-refractivity contribution is 9.10. The monoisotopic (exact) mass is 414 g/mol. The van der Waals surface area contributed by atoms with Crippen molar-refractivity contribution in [3.05, 3.63) is 69.2 Å². The molecule has 0 aromatic heterocycles. The van der Waals surface area contributed by atoms with E-state index in [9.17, 15) is 9.59 Å². The number of carbonyl (C=O) groups is 2. The van der Waals surface area contributed by atoms with Crippen LogP contribution in [0.25, 0.3) is 0 Å². The Morgan fingerprint density at radius 1 is 0.962 bits per heavy atom. The highest BCUT2D eigenvalue weighted by Crippen LogP contribution is 2.17. The SMILES string of the molecule is Cc1ccc(C(=O)NC2CCN(C(=O)c3ccc(Br)cc3)CC2)cc1C. The Kier molecular flexibility index (Phi) is 5.77. The van der Waals surface area contributed by atoms with E-state index in [2.05, 4.69) is 21.2 Å². The van der Waals surface area contributed by atoms with Crippen molar-refractivity contribution in [3.8, 4) is 0 Å². The first-order valence-corrected chi connectivity index (χ1v) is 9.66. The molecule has 0 unspecified atom stereocenters. The third-order valence-electron chi connectivity index (χ3n) is 4.98. The molecule has 2 aromatic rings. The van der Waals surface area contributed by atoms with Gasteiger partial charge in [0.15, 0.2) is 0 Å². The Morgan fingerprint density at radius 2 is 1.58 bits per heavy atom. The lowest BCUT2D eigenvalue weighted by Crippen LogP contribution is -2.46. The predicted octanol–water partition coefficient (Wildman–Crippen LogP) is 4.10. The van der Waals surface area contributed by atoms with Crippen molar-refractivity contribution in [1.82, 2.24) is 10.2 Å². The molecule has 1 aliphatic rings. The summed E-state index contributed by atoms with van der Waals surface area (Å²) in [4.78, 5) is 26.9. The fourth-order valence-electron chi connectivity index (χ4n) is 3.15. The quantitative estimate of drug-likeness (QED) is 0.821. The Balaban J connectivity index is 1.54. The second-order valence-electron chi connectivity index (χ2n) is 6.85. The van der Waals surface area contributed by atoms with Crippen LogP contribution in [0.5, 0.6) is 0 Å². The van der Waals surface area contributed by atoms with E-state index in [1.807, 2.05) is 61.2 Å². The third-order valence-corrected chi connectivity index (χ3v) is 5.51. The number of nitrogens with one attached hydrogen (secondary N) is 1. The van der Waals surface area contributed by atoms with E-state index in [4.69, 9.17) is 0 Å². The molecule has 0 radical (unpaired) electrons. The van der Waals surface area contributed by atoms with Crippen molar-refractivity contribution in [2.45, 2.75) is 32.7 Å². The van der Waals surface area contributed by atoms with Crippen molar-refractivity contribution in [3.63, 3.8) is 0 Å². The number of amides is 2. The minimum absolute atomic E-state index is 0.0363. The van der Waals surface area contributed by atoms with Gasteiger partial charge in [-0.2, -0.15) is 0 Å². The van der Waals surface area contributed by atoms with Gasteiger partial charge in [0.2, 0.25) is 0 Å². The zero-order chi connectivity index (χ0) is 18.7. The summed E-state index contributed by atoms with van der Waals surface area (Å²) in [5.74, 6) is 0.0159. The normalized spacial score (nSPS) is 15.0. The number of nitrogens with zero attached hydrogens (tertiary/aromatic N) is 1. The zero-order valence-electron chi connectivity index (χ0n) is 15.1. The summed E-state index contributed by atoms with van der Waals surface area (Å²) in [6, 6.07) is 13.3. The number of benzene rings is 2. The molecule has 0 aliphatic carbocycles. The van der Waals surface area contributed by atoms with Gasteiger partial charge in [-0.1, -0.05) is 22.0 Å². The van der Waals surface area contributed by atoms with Crippen molar-refractivity contribution < 1.29 is 9.59 Å². The largest absolute Gasteiger partial charge is 0.349 e. The van der Waals surface area contributed by atoms with Crippen LogP contribution in [-0.4, -0.2) is 35.8 Å². The number of halogens is 1. The summed E-state index contributed by atoms with van der Waals surface area (Å²) >= 11 is 3.38. The van der Waals surface area contributed by atoms with Crippen LogP contribution in [0, 0.1) is 13.8 Å². The summed E-state index contributed by atoms with van der Waals surface area (Å²) in [5.41, 5.74) is 3.70. The van der Waals surface area contributed by atoms with Gasteiger partial charge in [-0.25, -0.2) is 0 Å². The van der Waals surface area contributed by atoms with Gasteiger partial charge in [-0.05, 0) is 74.2 Å². The van der Waals surface area contributed by atoms with Gasteiger partial charge in [0.1, 0.15) is 0 Å². The molecular weight excluding hydrogens is 392 g/mol. The van der Waals surface area contributed by atoms with E-state index >= 15 is 0 Å². The van der Waals surface area contributed by atoms with Crippen LogP contribution in [0.1, 0.15) is 44.7 Å².